The standard InChI is InChI=1S/C21H21N3O3/c1-14-6-4-7-15(12-14)23-19-11-10-16(13-22-19)24-21(25)20-17(26-2)8-5-9-18(20)27-3/h4-13H,1-3H3,(H,22,23)(H,24,25). The highest BCUT2D eigenvalue weighted by Crippen LogP contribution is 2.29. The summed E-state index contributed by atoms with van der Waals surface area (Å²) in [5.41, 5.74) is 3.03. The Morgan fingerprint density at radius 2 is 1.63 bits per heavy atom. The van der Waals surface area contributed by atoms with Gasteiger partial charge in [-0.3, -0.25) is 4.79 Å². The average Bonchev–Trinajstić information content (AvgIpc) is 2.68. The Hall–Kier alpha value is -3.54. The molecule has 27 heavy (non-hydrogen) atoms. The largest absolute Gasteiger partial charge is 0.496 e. The maximum atomic E-state index is 12.7. The summed E-state index contributed by atoms with van der Waals surface area (Å²) in [6.45, 7) is 2.03. The molecule has 6 nitrogen and oxygen atoms in total. The summed E-state index contributed by atoms with van der Waals surface area (Å²) >= 11 is 0. The summed E-state index contributed by atoms with van der Waals surface area (Å²) in [4.78, 5) is 17.0. The van der Waals surface area contributed by atoms with Crippen molar-refractivity contribution in [3.05, 3.63) is 71.9 Å². The van der Waals surface area contributed by atoms with Gasteiger partial charge in [-0.05, 0) is 48.9 Å². The first-order valence-electron chi connectivity index (χ1n) is 8.43. The van der Waals surface area contributed by atoms with Crippen LogP contribution in [0.3, 0.4) is 0 Å². The molecule has 2 aromatic carbocycles. The Morgan fingerprint density at radius 3 is 2.22 bits per heavy atom. The molecule has 0 fully saturated rings. The smallest absolute Gasteiger partial charge is 0.263 e. The fraction of sp³-hybridized carbons (Fsp3) is 0.143. The number of nitrogens with one attached hydrogen (secondary N) is 2. The molecule has 6 heteroatoms. The van der Waals surface area contributed by atoms with Crippen molar-refractivity contribution >= 4 is 23.1 Å². The van der Waals surface area contributed by atoms with Gasteiger partial charge in [0.1, 0.15) is 22.9 Å². The van der Waals surface area contributed by atoms with Gasteiger partial charge in [-0.1, -0.05) is 18.2 Å². The van der Waals surface area contributed by atoms with Crippen LogP contribution in [0, 0.1) is 6.92 Å². The molecule has 1 aromatic heterocycles. The number of methoxy groups -OCH3 is 2. The van der Waals surface area contributed by atoms with E-state index in [2.05, 4.69) is 15.6 Å². The highest BCUT2D eigenvalue weighted by molar-refractivity contribution is 6.08. The molecule has 0 bridgehead atoms. The van der Waals surface area contributed by atoms with Crippen molar-refractivity contribution in [2.24, 2.45) is 0 Å². The van der Waals surface area contributed by atoms with Gasteiger partial charge in [0.25, 0.3) is 5.91 Å². The summed E-state index contributed by atoms with van der Waals surface area (Å²) in [5, 5.41) is 6.05. The molecule has 0 atom stereocenters. The van der Waals surface area contributed by atoms with Gasteiger partial charge in [-0.25, -0.2) is 4.98 Å². The molecule has 0 aliphatic carbocycles. The number of nitrogens with zero attached hydrogens (tertiary/aromatic N) is 1. The van der Waals surface area contributed by atoms with E-state index in [1.54, 1.807) is 36.5 Å². The van der Waals surface area contributed by atoms with Crippen LogP contribution < -0.4 is 20.1 Å². The van der Waals surface area contributed by atoms with Crippen molar-refractivity contribution in [3.63, 3.8) is 0 Å². The maximum Gasteiger partial charge on any atom is 0.263 e. The first kappa shape index (κ1) is 18.3. The molecule has 1 heterocycles. The number of rotatable bonds is 6. The Balaban J connectivity index is 1.74. The number of aromatic nitrogens is 1. The number of carbonyl (C=O) groups excluding carboxylic acids is 1. The van der Waals surface area contributed by atoms with Crippen molar-refractivity contribution < 1.29 is 14.3 Å². The van der Waals surface area contributed by atoms with E-state index < -0.39 is 0 Å². The van der Waals surface area contributed by atoms with E-state index in [0.717, 1.165) is 11.3 Å². The Bertz CT molecular complexity index is 917. The zero-order valence-corrected chi connectivity index (χ0v) is 15.4. The third-order valence-electron chi connectivity index (χ3n) is 3.97. The molecule has 1 amide bonds. The van der Waals surface area contributed by atoms with E-state index in [4.69, 9.17) is 9.47 Å². The Morgan fingerprint density at radius 1 is 0.926 bits per heavy atom. The number of benzene rings is 2. The molecular formula is C21H21N3O3. The molecule has 0 aliphatic rings. The fourth-order valence-electron chi connectivity index (χ4n) is 2.68. The van der Waals surface area contributed by atoms with E-state index in [9.17, 15) is 4.79 Å². The van der Waals surface area contributed by atoms with Gasteiger partial charge in [-0.15, -0.1) is 0 Å². The monoisotopic (exact) mass is 363 g/mol. The van der Waals surface area contributed by atoms with Crippen molar-refractivity contribution in [2.75, 3.05) is 24.9 Å². The molecule has 3 aromatic rings. The molecule has 138 valence electrons. The highest BCUT2D eigenvalue weighted by atomic mass is 16.5. The summed E-state index contributed by atoms with van der Waals surface area (Å²) in [5.74, 6) is 1.24. The summed E-state index contributed by atoms with van der Waals surface area (Å²) < 4.78 is 10.6. The Labute approximate surface area is 158 Å². The van der Waals surface area contributed by atoms with E-state index in [-0.39, 0.29) is 5.91 Å². The van der Waals surface area contributed by atoms with E-state index >= 15 is 0 Å². The van der Waals surface area contributed by atoms with Crippen molar-refractivity contribution in [3.8, 4) is 11.5 Å². The van der Waals surface area contributed by atoms with Crippen LogP contribution in [0.2, 0.25) is 0 Å². The maximum absolute atomic E-state index is 12.7. The lowest BCUT2D eigenvalue weighted by Gasteiger charge is -2.13. The predicted molar refractivity (Wildman–Crippen MR) is 106 cm³/mol. The predicted octanol–water partition coefficient (Wildman–Crippen LogP) is 4.40. The quantitative estimate of drug-likeness (QED) is 0.679. The minimum absolute atomic E-state index is 0.328. The highest BCUT2D eigenvalue weighted by Gasteiger charge is 2.18. The van der Waals surface area contributed by atoms with Crippen LogP contribution in [-0.2, 0) is 0 Å². The topological polar surface area (TPSA) is 72.5 Å². The van der Waals surface area contributed by atoms with E-state index in [0.29, 0.717) is 28.6 Å². The first-order valence-corrected chi connectivity index (χ1v) is 8.43. The van der Waals surface area contributed by atoms with Crippen LogP contribution in [0.5, 0.6) is 11.5 Å². The van der Waals surface area contributed by atoms with Gasteiger partial charge in [0.05, 0.1) is 26.1 Å². The van der Waals surface area contributed by atoms with Crippen LogP contribution in [-0.4, -0.2) is 25.1 Å². The summed E-state index contributed by atoms with van der Waals surface area (Å²) in [6, 6.07) is 16.8. The van der Waals surface area contributed by atoms with Crippen LogP contribution in [0.1, 0.15) is 15.9 Å². The van der Waals surface area contributed by atoms with Gasteiger partial charge < -0.3 is 20.1 Å². The number of hydrogen-bond donors (Lipinski definition) is 2. The number of hydrogen-bond acceptors (Lipinski definition) is 5. The van der Waals surface area contributed by atoms with Gasteiger partial charge in [-0.2, -0.15) is 0 Å². The molecule has 3 rings (SSSR count). The first-order chi connectivity index (χ1) is 13.1. The lowest BCUT2D eigenvalue weighted by atomic mass is 10.1. The molecule has 0 saturated heterocycles. The molecule has 2 N–H and O–H groups in total. The Kier molecular flexibility index (Phi) is 5.56. The number of ether oxygens (including phenoxy) is 2. The van der Waals surface area contributed by atoms with Crippen LogP contribution in [0.4, 0.5) is 17.2 Å². The number of aryl methyl sites for hydroxylation is 1. The van der Waals surface area contributed by atoms with Crippen molar-refractivity contribution in [1.29, 1.82) is 0 Å². The SMILES string of the molecule is COc1cccc(OC)c1C(=O)Nc1ccc(Nc2cccc(C)c2)nc1. The van der Waals surface area contributed by atoms with Gasteiger partial charge >= 0.3 is 0 Å². The summed E-state index contributed by atoms with van der Waals surface area (Å²) in [6.07, 6.45) is 1.60. The molecular weight excluding hydrogens is 342 g/mol. The molecule has 0 spiro atoms. The van der Waals surface area contributed by atoms with Gasteiger partial charge in [0, 0.05) is 5.69 Å². The average molecular weight is 363 g/mol. The number of pyridine rings is 1. The van der Waals surface area contributed by atoms with Crippen LogP contribution in [0.25, 0.3) is 0 Å². The second-order valence-electron chi connectivity index (χ2n) is 5.92. The zero-order chi connectivity index (χ0) is 19.2. The zero-order valence-electron chi connectivity index (χ0n) is 15.4. The number of anilines is 3. The second-order valence-corrected chi connectivity index (χ2v) is 5.92. The van der Waals surface area contributed by atoms with E-state index in [1.807, 2.05) is 31.2 Å². The minimum atomic E-state index is -0.328. The van der Waals surface area contributed by atoms with E-state index in [1.165, 1.54) is 14.2 Å². The molecule has 0 saturated carbocycles. The second kappa shape index (κ2) is 8.23. The molecule has 0 unspecified atom stereocenters. The van der Waals surface area contributed by atoms with Crippen LogP contribution >= 0.6 is 0 Å². The minimum Gasteiger partial charge on any atom is -0.496 e. The normalized spacial score (nSPS) is 10.2. The third-order valence-corrected chi connectivity index (χ3v) is 3.97. The van der Waals surface area contributed by atoms with Crippen LogP contribution in [0.15, 0.2) is 60.8 Å². The van der Waals surface area contributed by atoms with Gasteiger partial charge in [0.15, 0.2) is 0 Å². The summed E-state index contributed by atoms with van der Waals surface area (Å²) in [7, 11) is 3.03. The lowest BCUT2D eigenvalue weighted by Crippen LogP contribution is -2.14. The van der Waals surface area contributed by atoms with Crippen molar-refractivity contribution in [1.82, 2.24) is 4.98 Å². The lowest BCUT2D eigenvalue weighted by molar-refractivity contribution is 0.102. The molecule has 0 aliphatic heterocycles. The van der Waals surface area contributed by atoms with Crippen molar-refractivity contribution in [2.45, 2.75) is 6.92 Å². The number of carbonyl (C=O) groups is 1. The fourth-order valence-corrected chi connectivity index (χ4v) is 2.68. The van der Waals surface area contributed by atoms with Gasteiger partial charge in [0.2, 0.25) is 0 Å². The third kappa shape index (κ3) is 4.36. The molecule has 0 radical (unpaired) electrons. The number of amides is 1.